The van der Waals surface area contributed by atoms with Gasteiger partial charge in [0, 0.05) is 11.3 Å². The number of benzene rings is 1. The van der Waals surface area contributed by atoms with Crippen molar-refractivity contribution in [3.8, 4) is 11.8 Å². The van der Waals surface area contributed by atoms with Crippen LogP contribution in [0.3, 0.4) is 0 Å². The Balaban J connectivity index is 2.09. The highest BCUT2D eigenvalue weighted by molar-refractivity contribution is 7.98. The first kappa shape index (κ1) is 12.7. The fourth-order valence-electron chi connectivity index (χ4n) is 1.44. The van der Waals surface area contributed by atoms with Gasteiger partial charge in [-0.1, -0.05) is 41.8 Å². The molecule has 0 unspecified atom stereocenters. The number of nitrogens with two attached hydrogens (primary N) is 1. The van der Waals surface area contributed by atoms with Gasteiger partial charge in [0.15, 0.2) is 0 Å². The average molecular weight is 258 g/mol. The normalized spacial score (nSPS) is 9.89. The smallest absolute Gasteiger partial charge is 0.208 e. The van der Waals surface area contributed by atoms with Crippen LogP contribution < -0.4 is 5.73 Å². The maximum Gasteiger partial charge on any atom is 0.208 e. The minimum atomic E-state index is 0.377. The van der Waals surface area contributed by atoms with Crippen molar-refractivity contribution in [2.24, 2.45) is 5.73 Å². The summed E-state index contributed by atoms with van der Waals surface area (Å²) < 4.78 is 0. The van der Waals surface area contributed by atoms with Gasteiger partial charge in [-0.15, -0.1) is 5.10 Å². The van der Waals surface area contributed by atoms with Crippen LogP contribution in [0.25, 0.3) is 0 Å². The molecular formula is C13H14N4S. The number of thioether (sulfide) groups is 1. The number of aryl methyl sites for hydroxylation is 1. The molecule has 0 spiro atoms. The quantitative estimate of drug-likeness (QED) is 0.649. The van der Waals surface area contributed by atoms with E-state index in [1.54, 1.807) is 11.8 Å². The first-order chi connectivity index (χ1) is 8.79. The van der Waals surface area contributed by atoms with Crippen LogP contribution in [0.1, 0.15) is 17.0 Å². The molecule has 1 aromatic heterocycles. The number of rotatable bonds is 3. The first-order valence-corrected chi connectivity index (χ1v) is 6.57. The summed E-state index contributed by atoms with van der Waals surface area (Å²) in [5.41, 5.74) is 7.58. The second-order valence-electron chi connectivity index (χ2n) is 3.66. The van der Waals surface area contributed by atoms with E-state index in [-0.39, 0.29) is 0 Å². The fraction of sp³-hybridized carbons (Fsp3) is 0.231. The molecule has 0 saturated heterocycles. The van der Waals surface area contributed by atoms with Gasteiger partial charge in [-0.2, -0.15) is 0 Å². The summed E-state index contributed by atoms with van der Waals surface area (Å²) in [6.07, 6.45) is 0. The van der Waals surface area contributed by atoms with Crippen LogP contribution in [-0.2, 0) is 5.75 Å². The molecule has 0 amide bonds. The Morgan fingerprint density at radius 1 is 1.39 bits per heavy atom. The van der Waals surface area contributed by atoms with E-state index in [2.05, 4.69) is 33.1 Å². The van der Waals surface area contributed by atoms with Crippen LogP contribution >= 0.6 is 11.8 Å². The maximum absolute atomic E-state index is 5.39. The number of aromatic nitrogens is 3. The maximum atomic E-state index is 5.39. The lowest BCUT2D eigenvalue weighted by Crippen LogP contribution is -1.94. The Morgan fingerprint density at radius 2 is 2.22 bits per heavy atom. The van der Waals surface area contributed by atoms with Gasteiger partial charge < -0.3 is 5.73 Å². The third-order valence-electron chi connectivity index (χ3n) is 2.28. The zero-order valence-corrected chi connectivity index (χ0v) is 10.9. The monoisotopic (exact) mass is 258 g/mol. The Hall–Kier alpha value is -1.77. The van der Waals surface area contributed by atoms with Gasteiger partial charge in [0.25, 0.3) is 0 Å². The number of aromatic amines is 1. The van der Waals surface area contributed by atoms with Crippen molar-refractivity contribution in [3.05, 3.63) is 41.2 Å². The van der Waals surface area contributed by atoms with Crippen LogP contribution in [0.15, 0.2) is 29.4 Å². The molecule has 3 N–H and O–H groups in total. The van der Waals surface area contributed by atoms with Crippen molar-refractivity contribution in [2.75, 3.05) is 6.54 Å². The van der Waals surface area contributed by atoms with Gasteiger partial charge in [0.1, 0.15) is 5.82 Å². The van der Waals surface area contributed by atoms with Crippen molar-refractivity contribution in [2.45, 2.75) is 17.8 Å². The summed E-state index contributed by atoms with van der Waals surface area (Å²) in [5.74, 6) is 7.58. The van der Waals surface area contributed by atoms with Gasteiger partial charge >= 0.3 is 0 Å². The second kappa shape index (κ2) is 6.24. The van der Waals surface area contributed by atoms with E-state index in [1.165, 1.54) is 5.56 Å². The Kier molecular flexibility index (Phi) is 4.40. The largest absolute Gasteiger partial charge is 0.320 e. The van der Waals surface area contributed by atoms with Gasteiger partial charge in [-0.05, 0) is 18.6 Å². The number of H-pyrrole nitrogens is 1. The molecule has 92 valence electrons. The minimum absolute atomic E-state index is 0.377. The molecule has 0 bridgehead atoms. The molecule has 0 radical (unpaired) electrons. The highest BCUT2D eigenvalue weighted by atomic mass is 32.2. The predicted octanol–water partition coefficient (Wildman–Crippen LogP) is 1.72. The van der Waals surface area contributed by atoms with E-state index < -0.39 is 0 Å². The van der Waals surface area contributed by atoms with Crippen LogP contribution in [-0.4, -0.2) is 21.7 Å². The van der Waals surface area contributed by atoms with Crippen LogP contribution in [0.5, 0.6) is 0 Å². The minimum Gasteiger partial charge on any atom is -0.320 e. The molecule has 2 rings (SSSR count). The van der Waals surface area contributed by atoms with Gasteiger partial charge in [-0.25, -0.2) is 4.98 Å². The summed E-state index contributed by atoms with van der Waals surface area (Å²) in [6, 6.07) is 8.05. The topological polar surface area (TPSA) is 67.6 Å². The van der Waals surface area contributed by atoms with E-state index in [9.17, 15) is 0 Å². The summed E-state index contributed by atoms with van der Waals surface area (Å²) in [6.45, 7) is 2.26. The lowest BCUT2D eigenvalue weighted by atomic mass is 10.1. The van der Waals surface area contributed by atoms with E-state index >= 15 is 0 Å². The van der Waals surface area contributed by atoms with Crippen molar-refractivity contribution in [1.29, 1.82) is 0 Å². The Labute approximate surface area is 110 Å². The number of hydrogen-bond acceptors (Lipinski definition) is 4. The van der Waals surface area contributed by atoms with E-state index in [1.807, 2.05) is 25.1 Å². The molecule has 0 fully saturated rings. The van der Waals surface area contributed by atoms with Crippen molar-refractivity contribution >= 4 is 11.8 Å². The zero-order chi connectivity index (χ0) is 12.8. The highest BCUT2D eigenvalue weighted by Gasteiger charge is 2.04. The molecular weight excluding hydrogens is 244 g/mol. The van der Waals surface area contributed by atoms with Gasteiger partial charge in [0.05, 0.1) is 6.54 Å². The molecule has 0 atom stereocenters. The van der Waals surface area contributed by atoms with Crippen LogP contribution in [0, 0.1) is 18.8 Å². The first-order valence-electron chi connectivity index (χ1n) is 5.58. The van der Waals surface area contributed by atoms with E-state index in [0.29, 0.717) is 6.54 Å². The second-order valence-corrected chi connectivity index (χ2v) is 4.60. The summed E-state index contributed by atoms with van der Waals surface area (Å²) in [4.78, 5) is 4.26. The molecule has 5 heteroatoms. The number of nitrogens with zero attached hydrogens (tertiary/aromatic N) is 2. The van der Waals surface area contributed by atoms with Crippen molar-refractivity contribution < 1.29 is 0 Å². The SMILES string of the molecule is Cc1nc(SCc2ccccc2C#CCN)n[nH]1. The Bertz CT molecular complexity index is 580. The number of nitrogens with one attached hydrogen (secondary N) is 1. The van der Waals surface area contributed by atoms with Gasteiger partial charge in [-0.3, -0.25) is 5.10 Å². The molecule has 1 heterocycles. The fourth-order valence-corrected chi connectivity index (χ4v) is 2.29. The van der Waals surface area contributed by atoms with E-state index in [4.69, 9.17) is 5.73 Å². The average Bonchev–Trinajstić information content (AvgIpc) is 2.81. The highest BCUT2D eigenvalue weighted by Crippen LogP contribution is 2.20. The zero-order valence-electron chi connectivity index (χ0n) is 10.1. The molecule has 0 aliphatic carbocycles. The van der Waals surface area contributed by atoms with Crippen molar-refractivity contribution in [3.63, 3.8) is 0 Å². The molecule has 1 aromatic carbocycles. The third kappa shape index (κ3) is 3.36. The van der Waals surface area contributed by atoms with E-state index in [0.717, 1.165) is 22.3 Å². The lowest BCUT2D eigenvalue weighted by Gasteiger charge is -2.01. The number of hydrogen-bond donors (Lipinski definition) is 2. The molecule has 0 saturated carbocycles. The summed E-state index contributed by atoms with van der Waals surface area (Å²) >= 11 is 1.59. The molecule has 18 heavy (non-hydrogen) atoms. The molecule has 0 aliphatic heterocycles. The van der Waals surface area contributed by atoms with Gasteiger partial charge in [0.2, 0.25) is 5.16 Å². The van der Waals surface area contributed by atoms with Crippen molar-refractivity contribution in [1.82, 2.24) is 15.2 Å². The van der Waals surface area contributed by atoms with Crippen LogP contribution in [0.4, 0.5) is 0 Å². The molecule has 4 nitrogen and oxygen atoms in total. The Morgan fingerprint density at radius 3 is 2.94 bits per heavy atom. The summed E-state index contributed by atoms with van der Waals surface area (Å²) in [5, 5.41) is 7.68. The summed E-state index contributed by atoms with van der Waals surface area (Å²) in [7, 11) is 0. The van der Waals surface area contributed by atoms with Crippen LogP contribution in [0.2, 0.25) is 0 Å². The lowest BCUT2D eigenvalue weighted by molar-refractivity contribution is 0.969. The molecule has 2 aromatic rings. The standard InChI is InChI=1S/C13H14N4S/c1-10-15-13(17-16-10)18-9-12-6-3-2-5-11(12)7-4-8-14/h2-3,5-6H,8-9,14H2,1H3,(H,15,16,17). The third-order valence-corrected chi connectivity index (χ3v) is 3.17. The predicted molar refractivity (Wildman–Crippen MR) is 73.1 cm³/mol. The molecule has 0 aliphatic rings.